The highest BCUT2D eigenvalue weighted by Crippen LogP contribution is 2.17. The first-order valence-corrected chi connectivity index (χ1v) is 9.39. The number of anilines is 2. The van der Waals surface area contributed by atoms with E-state index < -0.39 is 17.5 Å². The third kappa shape index (κ3) is 4.32. The molecule has 0 atom stereocenters. The maximum atomic E-state index is 13.7. The summed E-state index contributed by atoms with van der Waals surface area (Å²) >= 11 is 0. The maximum absolute atomic E-state index is 13.7. The van der Waals surface area contributed by atoms with Crippen molar-refractivity contribution in [2.75, 3.05) is 43.4 Å². The van der Waals surface area contributed by atoms with Gasteiger partial charge in [-0.25, -0.2) is 8.78 Å². The van der Waals surface area contributed by atoms with Crippen molar-refractivity contribution in [2.24, 2.45) is 0 Å². The number of aryl methyl sites for hydroxylation is 1. The number of amides is 1. The molecule has 0 bridgehead atoms. The lowest BCUT2D eigenvalue weighted by Crippen LogP contribution is -2.45. The van der Waals surface area contributed by atoms with Gasteiger partial charge >= 0.3 is 0 Å². The van der Waals surface area contributed by atoms with Crippen LogP contribution in [0.5, 0.6) is 0 Å². The van der Waals surface area contributed by atoms with Gasteiger partial charge in [-0.1, -0.05) is 0 Å². The Hall–Kier alpha value is -3.14. The van der Waals surface area contributed by atoms with Gasteiger partial charge in [-0.15, -0.1) is 15.3 Å². The first kappa shape index (κ1) is 19.2. The van der Waals surface area contributed by atoms with Crippen LogP contribution < -0.4 is 10.2 Å². The molecular formula is C19H21F2N7O. The SMILES string of the molecule is CN1CCN(c2ccc3nnc(CCC(=O)Nc4ccc(F)cc4F)n3n2)CC1. The number of carbonyl (C=O) groups is 1. The van der Waals surface area contributed by atoms with Crippen LogP contribution in [-0.4, -0.2) is 63.8 Å². The van der Waals surface area contributed by atoms with Gasteiger partial charge in [-0.2, -0.15) is 4.52 Å². The predicted octanol–water partition coefficient (Wildman–Crippen LogP) is 1.73. The smallest absolute Gasteiger partial charge is 0.224 e. The summed E-state index contributed by atoms with van der Waals surface area (Å²) in [4.78, 5) is 16.6. The first-order valence-electron chi connectivity index (χ1n) is 9.39. The first-order chi connectivity index (χ1) is 14.0. The summed E-state index contributed by atoms with van der Waals surface area (Å²) in [6.07, 6.45) is 0.354. The zero-order valence-corrected chi connectivity index (χ0v) is 16.0. The topological polar surface area (TPSA) is 78.7 Å². The molecule has 3 aromatic rings. The Kier molecular flexibility index (Phi) is 5.34. The lowest BCUT2D eigenvalue weighted by Gasteiger charge is -2.33. The Balaban J connectivity index is 1.43. The van der Waals surface area contributed by atoms with Crippen LogP contribution in [0.25, 0.3) is 5.65 Å². The van der Waals surface area contributed by atoms with Crippen LogP contribution >= 0.6 is 0 Å². The van der Waals surface area contributed by atoms with Gasteiger partial charge < -0.3 is 15.1 Å². The normalized spacial score (nSPS) is 15.1. The number of hydrogen-bond donors (Lipinski definition) is 1. The Morgan fingerprint density at radius 2 is 1.90 bits per heavy atom. The number of halogens is 2. The van der Waals surface area contributed by atoms with Crippen LogP contribution in [0.3, 0.4) is 0 Å². The van der Waals surface area contributed by atoms with E-state index in [4.69, 9.17) is 0 Å². The number of carbonyl (C=O) groups excluding carboxylic acids is 1. The van der Waals surface area contributed by atoms with Gasteiger partial charge in [0.05, 0.1) is 5.69 Å². The van der Waals surface area contributed by atoms with Gasteiger partial charge in [0, 0.05) is 45.1 Å². The van der Waals surface area contributed by atoms with Gasteiger partial charge in [-0.3, -0.25) is 4.79 Å². The molecule has 1 fully saturated rings. The van der Waals surface area contributed by atoms with Crippen LogP contribution in [0.4, 0.5) is 20.3 Å². The molecule has 4 rings (SSSR count). The molecule has 1 aromatic carbocycles. The highest BCUT2D eigenvalue weighted by Gasteiger charge is 2.17. The van der Waals surface area contributed by atoms with Crippen LogP contribution in [0, 0.1) is 11.6 Å². The van der Waals surface area contributed by atoms with Crippen molar-refractivity contribution in [1.29, 1.82) is 0 Å². The summed E-state index contributed by atoms with van der Waals surface area (Å²) in [5, 5.41) is 15.3. The van der Waals surface area contributed by atoms with Crippen molar-refractivity contribution in [3.8, 4) is 0 Å². The van der Waals surface area contributed by atoms with Crippen molar-refractivity contribution in [3.63, 3.8) is 0 Å². The second-order valence-corrected chi connectivity index (χ2v) is 7.04. The molecule has 29 heavy (non-hydrogen) atoms. The van der Waals surface area contributed by atoms with E-state index in [1.54, 1.807) is 4.52 Å². The van der Waals surface area contributed by atoms with Gasteiger partial charge in [0.25, 0.3) is 0 Å². The van der Waals surface area contributed by atoms with E-state index in [0.29, 0.717) is 11.5 Å². The number of aromatic nitrogens is 4. The molecule has 8 nitrogen and oxygen atoms in total. The number of likely N-dealkylation sites (N-methyl/N-ethyl adjacent to an activating group) is 1. The minimum Gasteiger partial charge on any atom is -0.353 e. The summed E-state index contributed by atoms with van der Waals surface area (Å²) in [7, 11) is 2.09. The van der Waals surface area contributed by atoms with Gasteiger partial charge in [0.2, 0.25) is 5.91 Å². The monoisotopic (exact) mass is 401 g/mol. The summed E-state index contributed by atoms with van der Waals surface area (Å²) in [6.45, 7) is 3.71. The van der Waals surface area contributed by atoms with Crippen LogP contribution in [-0.2, 0) is 11.2 Å². The predicted molar refractivity (Wildman–Crippen MR) is 104 cm³/mol. The molecule has 1 N–H and O–H groups in total. The van der Waals surface area contributed by atoms with Crippen molar-refractivity contribution in [2.45, 2.75) is 12.8 Å². The molecule has 152 valence electrons. The second kappa shape index (κ2) is 8.08. The largest absolute Gasteiger partial charge is 0.353 e. The molecule has 10 heteroatoms. The number of fused-ring (bicyclic) bond motifs is 1. The Morgan fingerprint density at radius 1 is 1.10 bits per heavy atom. The van der Waals surface area contributed by atoms with E-state index in [1.807, 2.05) is 12.1 Å². The van der Waals surface area contributed by atoms with Crippen LogP contribution in [0.15, 0.2) is 30.3 Å². The molecule has 1 saturated heterocycles. The Bertz CT molecular complexity index is 1030. The zero-order valence-electron chi connectivity index (χ0n) is 16.0. The summed E-state index contributed by atoms with van der Waals surface area (Å²) in [5.74, 6) is -0.528. The van der Waals surface area contributed by atoms with E-state index in [2.05, 4.69) is 37.5 Å². The van der Waals surface area contributed by atoms with Crippen molar-refractivity contribution in [3.05, 3.63) is 47.8 Å². The highest BCUT2D eigenvalue weighted by molar-refractivity contribution is 5.90. The number of nitrogens with zero attached hydrogens (tertiary/aromatic N) is 6. The third-order valence-electron chi connectivity index (χ3n) is 4.92. The molecule has 0 spiro atoms. The fraction of sp³-hybridized carbons (Fsp3) is 0.368. The average Bonchev–Trinajstić information content (AvgIpc) is 3.11. The lowest BCUT2D eigenvalue weighted by atomic mass is 10.2. The number of rotatable bonds is 5. The quantitative estimate of drug-likeness (QED) is 0.702. The molecule has 2 aromatic heterocycles. The molecule has 3 heterocycles. The highest BCUT2D eigenvalue weighted by atomic mass is 19.1. The van der Waals surface area contributed by atoms with Crippen molar-refractivity contribution < 1.29 is 13.6 Å². The van der Waals surface area contributed by atoms with Gasteiger partial charge in [0.1, 0.15) is 17.5 Å². The molecule has 0 unspecified atom stereocenters. The van der Waals surface area contributed by atoms with Crippen molar-refractivity contribution >= 4 is 23.1 Å². The Labute approximate surface area is 166 Å². The van der Waals surface area contributed by atoms with E-state index in [1.165, 1.54) is 6.07 Å². The van der Waals surface area contributed by atoms with Crippen molar-refractivity contribution in [1.82, 2.24) is 24.7 Å². The minimum atomic E-state index is -0.815. The summed E-state index contributed by atoms with van der Waals surface area (Å²) in [5.41, 5.74) is 0.542. The summed E-state index contributed by atoms with van der Waals surface area (Å²) < 4.78 is 28.3. The molecule has 1 aliphatic heterocycles. The molecule has 1 amide bonds. The molecule has 0 radical (unpaired) electrons. The molecule has 0 aliphatic carbocycles. The van der Waals surface area contributed by atoms with E-state index >= 15 is 0 Å². The fourth-order valence-corrected chi connectivity index (χ4v) is 3.21. The van der Waals surface area contributed by atoms with Crippen LogP contribution in [0.1, 0.15) is 12.2 Å². The minimum absolute atomic E-state index is 0.0574. The van der Waals surface area contributed by atoms with Gasteiger partial charge in [-0.05, 0) is 31.3 Å². The lowest BCUT2D eigenvalue weighted by molar-refractivity contribution is -0.116. The average molecular weight is 401 g/mol. The third-order valence-corrected chi connectivity index (χ3v) is 4.92. The molecule has 1 aliphatic rings. The second-order valence-electron chi connectivity index (χ2n) is 7.04. The Morgan fingerprint density at radius 3 is 2.66 bits per heavy atom. The number of hydrogen-bond acceptors (Lipinski definition) is 6. The fourth-order valence-electron chi connectivity index (χ4n) is 3.21. The maximum Gasteiger partial charge on any atom is 0.224 e. The van der Waals surface area contributed by atoms with E-state index in [0.717, 1.165) is 44.1 Å². The number of piperazine rings is 1. The number of benzene rings is 1. The number of nitrogens with one attached hydrogen (secondary N) is 1. The molecule has 0 saturated carbocycles. The van der Waals surface area contributed by atoms with Gasteiger partial charge in [0.15, 0.2) is 11.5 Å². The molecular weight excluding hydrogens is 380 g/mol. The van der Waals surface area contributed by atoms with Crippen LogP contribution in [0.2, 0.25) is 0 Å². The van der Waals surface area contributed by atoms with E-state index in [9.17, 15) is 13.6 Å². The standard InChI is InChI=1S/C19H21F2N7O/c1-26-8-10-27(11-9-26)18-5-4-16-23-24-17(28(16)25-18)6-7-19(29)22-15-3-2-13(20)12-14(15)21/h2-5,12H,6-11H2,1H3,(H,22,29). The summed E-state index contributed by atoms with van der Waals surface area (Å²) in [6, 6.07) is 6.78. The van der Waals surface area contributed by atoms with E-state index in [-0.39, 0.29) is 18.5 Å². The zero-order chi connectivity index (χ0) is 20.4.